The minimum Gasteiger partial charge on any atom is -0.512 e. The van der Waals surface area contributed by atoms with Crippen molar-refractivity contribution < 1.29 is 14.6 Å². The fourth-order valence-corrected chi connectivity index (χ4v) is 2.69. The third-order valence-electron chi connectivity index (χ3n) is 3.54. The number of ether oxygens (including phenoxy) is 1. The predicted octanol–water partition coefficient (Wildman–Crippen LogP) is 5.27. The first-order valence-corrected chi connectivity index (χ1v) is 8.54. The van der Waals surface area contributed by atoms with Crippen molar-refractivity contribution in [2.75, 3.05) is 6.61 Å². The lowest BCUT2D eigenvalue weighted by atomic mass is 10.0. The predicted molar refractivity (Wildman–Crippen MR) is 100 cm³/mol. The lowest BCUT2D eigenvalue weighted by molar-refractivity contribution is 0.0770. The molecule has 0 bridgehead atoms. The van der Waals surface area contributed by atoms with Gasteiger partial charge in [-0.15, -0.1) is 0 Å². The molecular weight excluding hydrogens is 368 g/mol. The quantitative estimate of drug-likeness (QED) is 0.312. The summed E-state index contributed by atoms with van der Waals surface area (Å²) in [5.74, 6) is 0.0865. The topological polar surface area (TPSA) is 46.5 Å². The normalized spacial score (nSPS) is 20.5. The Bertz CT molecular complexity index is 710. The lowest BCUT2D eigenvalue weighted by Crippen LogP contribution is -2.25. The van der Waals surface area contributed by atoms with Gasteiger partial charge < -0.3 is 9.84 Å². The van der Waals surface area contributed by atoms with Crippen LogP contribution in [0.15, 0.2) is 77.6 Å². The summed E-state index contributed by atoms with van der Waals surface area (Å²) in [7, 11) is 0. The van der Waals surface area contributed by atoms with Crippen LogP contribution in [0.4, 0.5) is 0 Å². The standard InChI is InChI=1S/C20H21BrO3/c1-15(2)11-13-24-20(21)12-10-17(19(23)14-20)8-9-18(22)16-6-4-3-5-7-16/h3-12,23H,13-14H2,1-2H3. The number of hydrogen-bond donors (Lipinski definition) is 1. The molecule has 1 aromatic rings. The number of aliphatic hydroxyl groups is 1. The average molecular weight is 389 g/mol. The Morgan fingerprint density at radius 1 is 1.33 bits per heavy atom. The van der Waals surface area contributed by atoms with Gasteiger partial charge in [0.1, 0.15) is 10.3 Å². The van der Waals surface area contributed by atoms with E-state index in [0.717, 1.165) is 0 Å². The van der Waals surface area contributed by atoms with Crippen molar-refractivity contribution in [2.45, 2.75) is 24.8 Å². The second kappa shape index (κ2) is 8.27. The number of halogens is 1. The van der Waals surface area contributed by atoms with Gasteiger partial charge in [-0.25, -0.2) is 0 Å². The van der Waals surface area contributed by atoms with E-state index in [0.29, 0.717) is 24.2 Å². The molecule has 0 spiro atoms. The van der Waals surface area contributed by atoms with Gasteiger partial charge in [-0.05, 0) is 48.0 Å². The van der Waals surface area contributed by atoms with Crippen molar-refractivity contribution in [1.29, 1.82) is 0 Å². The largest absolute Gasteiger partial charge is 0.512 e. The SMILES string of the molecule is CC(C)=CCOC1(Br)C=CC(C=CC(=O)c2ccccc2)=C(O)C1. The van der Waals surface area contributed by atoms with E-state index in [1.807, 2.05) is 44.2 Å². The zero-order valence-electron chi connectivity index (χ0n) is 13.8. The zero-order valence-corrected chi connectivity index (χ0v) is 15.4. The van der Waals surface area contributed by atoms with Crippen LogP contribution >= 0.6 is 15.9 Å². The Labute approximate surface area is 151 Å². The Hall–Kier alpha value is -1.91. The molecule has 1 atom stereocenters. The highest BCUT2D eigenvalue weighted by molar-refractivity contribution is 9.10. The molecule has 1 unspecified atom stereocenters. The Morgan fingerprint density at radius 3 is 2.67 bits per heavy atom. The van der Waals surface area contributed by atoms with Crippen molar-refractivity contribution in [1.82, 2.24) is 0 Å². The molecule has 1 aliphatic carbocycles. The van der Waals surface area contributed by atoms with Gasteiger partial charge in [0.05, 0.1) is 6.61 Å². The third-order valence-corrected chi connectivity index (χ3v) is 4.31. The van der Waals surface area contributed by atoms with Gasteiger partial charge in [0.2, 0.25) is 0 Å². The Kier molecular flexibility index (Phi) is 6.35. The summed E-state index contributed by atoms with van der Waals surface area (Å²) in [6.07, 6.45) is 8.98. The molecule has 0 radical (unpaired) electrons. The van der Waals surface area contributed by atoms with Crippen LogP contribution in [0.5, 0.6) is 0 Å². The third kappa shape index (κ3) is 5.32. The molecule has 1 N–H and O–H groups in total. The van der Waals surface area contributed by atoms with Crippen LogP contribution in [-0.2, 0) is 4.74 Å². The number of alkyl halides is 1. The molecule has 1 aliphatic rings. The summed E-state index contributed by atoms with van der Waals surface area (Å²) in [5.41, 5.74) is 2.40. The molecule has 0 fully saturated rings. The summed E-state index contributed by atoms with van der Waals surface area (Å²) in [6.45, 7) is 4.47. The molecule has 2 rings (SSSR count). The van der Waals surface area contributed by atoms with Crippen LogP contribution < -0.4 is 0 Å². The smallest absolute Gasteiger partial charge is 0.185 e. The molecule has 0 heterocycles. The van der Waals surface area contributed by atoms with Gasteiger partial charge in [0.15, 0.2) is 5.78 Å². The maximum Gasteiger partial charge on any atom is 0.185 e. The van der Waals surface area contributed by atoms with E-state index >= 15 is 0 Å². The van der Waals surface area contributed by atoms with Crippen LogP contribution in [0.3, 0.4) is 0 Å². The molecule has 1 aromatic carbocycles. The second-order valence-corrected chi connectivity index (χ2v) is 7.20. The summed E-state index contributed by atoms with van der Waals surface area (Å²) >= 11 is 3.51. The highest BCUT2D eigenvalue weighted by Crippen LogP contribution is 2.34. The average Bonchev–Trinajstić information content (AvgIpc) is 2.54. The van der Waals surface area contributed by atoms with Gasteiger partial charge in [0, 0.05) is 17.6 Å². The molecule has 3 nitrogen and oxygen atoms in total. The number of benzene rings is 1. The van der Waals surface area contributed by atoms with Crippen LogP contribution in [0.1, 0.15) is 30.6 Å². The maximum atomic E-state index is 12.1. The van der Waals surface area contributed by atoms with E-state index in [1.54, 1.807) is 24.3 Å². The fourth-order valence-electron chi connectivity index (χ4n) is 2.16. The monoisotopic (exact) mass is 388 g/mol. The van der Waals surface area contributed by atoms with Gasteiger partial charge in [-0.3, -0.25) is 4.79 Å². The highest BCUT2D eigenvalue weighted by Gasteiger charge is 2.29. The molecule has 0 aromatic heterocycles. The number of ketones is 1. The molecule has 4 heteroatoms. The van der Waals surface area contributed by atoms with Gasteiger partial charge >= 0.3 is 0 Å². The first kappa shape index (κ1) is 18.4. The number of rotatable bonds is 6. The van der Waals surface area contributed by atoms with E-state index in [9.17, 15) is 9.90 Å². The fraction of sp³-hybridized carbons (Fsp3) is 0.250. The highest BCUT2D eigenvalue weighted by atomic mass is 79.9. The second-order valence-electron chi connectivity index (χ2n) is 5.85. The van der Waals surface area contributed by atoms with E-state index in [-0.39, 0.29) is 11.5 Å². The summed E-state index contributed by atoms with van der Waals surface area (Å²) in [5, 5.41) is 10.2. The van der Waals surface area contributed by atoms with Crippen LogP contribution in [-0.4, -0.2) is 22.0 Å². The lowest BCUT2D eigenvalue weighted by Gasteiger charge is -2.27. The summed E-state index contributed by atoms with van der Waals surface area (Å²) in [4.78, 5) is 12.1. The first-order valence-electron chi connectivity index (χ1n) is 7.75. The van der Waals surface area contributed by atoms with Crippen molar-refractivity contribution in [3.8, 4) is 0 Å². The van der Waals surface area contributed by atoms with E-state index in [2.05, 4.69) is 15.9 Å². The molecule has 24 heavy (non-hydrogen) atoms. The molecule has 0 saturated carbocycles. The van der Waals surface area contributed by atoms with Crippen molar-refractivity contribution in [2.24, 2.45) is 0 Å². The van der Waals surface area contributed by atoms with Crippen LogP contribution in [0.25, 0.3) is 0 Å². The van der Waals surface area contributed by atoms with Crippen LogP contribution in [0.2, 0.25) is 0 Å². The van der Waals surface area contributed by atoms with Crippen LogP contribution in [0, 0.1) is 0 Å². The molecular formula is C20H21BrO3. The molecule has 0 amide bonds. The zero-order chi connectivity index (χ0) is 17.6. The van der Waals surface area contributed by atoms with Crippen molar-refractivity contribution >= 4 is 21.7 Å². The number of hydrogen-bond acceptors (Lipinski definition) is 3. The minimum absolute atomic E-state index is 0.0974. The number of aliphatic hydroxyl groups excluding tert-OH is 1. The number of carbonyl (C=O) groups is 1. The van der Waals surface area contributed by atoms with E-state index < -0.39 is 4.51 Å². The van der Waals surface area contributed by atoms with Crippen molar-refractivity contribution in [3.05, 3.63) is 83.2 Å². The molecule has 0 aliphatic heterocycles. The summed E-state index contributed by atoms with van der Waals surface area (Å²) in [6, 6.07) is 9.03. The molecule has 0 saturated heterocycles. The Balaban J connectivity index is 2.02. The van der Waals surface area contributed by atoms with Gasteiger partial charge in [-0.1, -0.05) is 48.1 Å². The van der Waals surface area contributed by atoms with Crippen molar-refractivity contribution in [3.63, 3.8) is 0 Å². The summed E-state index contributed by atoms with van der Waals surface area (Å²) < 4.78 is 5.04. The van der Waals surface area contributed by atoms with E-state index in [1.165, 1.54) is 11.6 Å². The van der Waals surface area contributed by atoms with Gasteiger partial charge in [0.25, 0.3) is 0 Å². The minimum atomic E-state index is -0.718. The number of allylic oxidation sites excluding steroid dienone is 5. The number of carbonyl (C=O) groups excluding carboxylic acids is 1. The first-order chi connectivity index (χ1) is 11.4. The van der Waals surface area contributed by atoms with Gasteiger partial charge in [-0.2, -0.15) is 0 Å². The van der Waals surface area contributed by atoms with E-state index in [4.69, 9.17) is 4.74 Å². The maximum absolute atomic E-state index is 12.1. The Morgan fingerprint density at radius 2 is 2.04 bits per heavy atom. The molecule has 126 valence electrons.